The van der Waals surface area contributed by atoms with Gasteiger partial charge >= 0.3 is 0 Å². The van der Waals surface area contributed by atoms with Crippen molar-refractivity contribution in [2.75, 3.05) is 7.11 Å². The number of methoxy groups -OCH3 is 1. The first kappa shape index (κ1) is 18.2. The number of rotatable bonds is 5. The van der Waals surface area contributed by atoms with Crippen molar-refractivity contribution in [3.8, 4) is 5.75 Å². The minimum absolute atomic E-state index is 0.413. The van der Waals surface area contributed by atoms with E-state index in [4.69, 9.17) is 21.3 Å². The van der Waals surface area contributed by atoms with E-state index in [0.29, 0.717) is 16.6 Å². The van der Waals surface area contributed by atoms with E-state index in [2.05, 4.69) is 26.7 Å². The fourth-order valence-corrected chi connectivity index (χ4v) is 4.11. The number of hydrogen-bond donors (Lipinski definition) is 0. The number of nitrogens with zero attached hydrogens (tertiary/aromatic N) is 4. The number of imidazole rings is 1. The van der Waals surface area contributed by atoms with Crippen molar-refractivity contribution in [3.05, 3.63) is 47.1 Å². The third-order valence-corrected chi connectivity index (χ3v) is 5.70. The van der Waals surface area contributed by atoms with Crippen molar-refractivity contribution < 1.29 is 4.74 Å². The molecule has 4 rings (SSSR count). The van der Waals surface area contributed by atoms with Crippen LogP contribution in [0.15, 0.2) is 30.6 Å². The molecule has 0 spiro atoms. The van der Waals surface area contributed by atoms with E-state index in [0.717, 1.165) is 43.0 Å². The monoisotopic (exact) mass is 384 g/mol. The molecule has 0 amide bonds. The molecule has 142 valence electrons. The van der Waals surface area contributed by atoms with E-state index in [1.54, 1.807) is 7.11 Å². The summed E-state index contributed by atoms with van der Waals surface area (Å²) in [6, 6.07) is 8.16. The van der Waals surface area contributed by atoms with Gasteiger partial charge in [0.15, 0.2) is 10.8 Å². The number of aromatic nitrogens is 4. The first-order chi connectivity index (χ1) is 13.2. The summed E-state index contributed by atoms with van der Waals surface area (Å²) in [5, 5.41) is 0.472. The van der Waals surface area contributed by atoms with Gasteiger partial charge in [0.1, 0.15) is 17.1 Å². The van der Waals surface area contributed by atoms with Crippen LogP contribution in [0.25, 0.3) is 11.2 Å². The van der Waals surface area contributed by atoms with Crippen LogP contribution in [0.3, 0.4) is 0 Å². The molecule has 6 heteroatoms. The molecule has 0 N–H and O–H groups in total. The first-order valence-corrected chi connectivity index (χ1v) is 10.1. The molecule has 0 unspecified atom stereocenters. The van der Waals surface area contributed by atoms with Crippen molar-refractivity contribution in [1.82, 2.24) is 19.5 Å². The molecule has 5 nitrogen and oxygen atoms in total. The van der Waals surface area contributed by atoms with Gasteiger partial charge in [-0.15, -0.1) is 0 Å². The summed E-state index contributed by atoms with van der Waals surface area (Å²) < 4.78 is 7.40. The molecule has 1 saturated carbocycles. The fourth-order valence-electron chi connectivity index (χ4n) is 3.89. The standard InChI is InChI=1S/C21H25ClN4O/c1-27-17-10-6-7-15(13-17)11-12-26-14-23-18-19(22)24-20(25-21(18)26)16-8-4-2-3-5-9-16/h6-7,10,13-14,16H,2-5,8-9,11-12H2,1H3. The van der Waals surface area contributed by atoms with Crippen LogP contribution >= 0.6 is 11.6 Å². The number of fused-ring (bicyclic) bond motifs is 1. The van der Waals surface area contributed by atoms with Crippen LogP contribution in [-0.4, -0.2) is 26.6 Å². The summed E-state index contributed by atoms with van der Waals surface area (Å²) >= 11 is 6.45. The minimum atomic E-state index is 0.413. The van der Waals surface area contributed by atoms with Crippen LogP contribution in [0.5, 0.6) is 5.75 Å². The van der Waals surface area contributed by atoms with Gasteiger partial charge in [-0.2, -0.15) is 0 Å². The average molecular weight is 385 g/mol. The number of halogens is 1. The zero-order valence-electron chi connectivity index (χ0n) is 15.7. The van der Waals surface area contributed by atoms with E-state index in [-0.39, 0.29) is 0 Å². The lowest BCUT2D eigenvalue weighted by molar-refractivity contribution is 0.414. The van der Waals surface area contributed by atoms with Crippen molar-refractivity contribution in [1.29, 1.82) is 0 Å². The Morgan fingerprint density at radius 1 is 1.15 bits per heavy atom. The highest BCUT2D eigenvalue weighted by Gasteiger charge is 2.20. The molecule has 1 aromatic carbocycles. The summed E-state index contributed by atoms with van der Waals surface area (Å²) in [5.74, 6) is 2.18. The van der Waals surface area contributed by atoms with Crippen LogP contribution in [-0.2, 0) is 13.0 Å². The Morgan fingerprint density at radius 3 is 2.74 bits per heavy atom. The maximum atomic E-state index is 6.45. The maximum Gasteiger partial charge on any atom is 0.165 e. The van der Waals surface area contributed by atoms with E-state index in [1.165, 1.54) is 31.2 Å². The normalized spacial score (nSPS) is 15.8. The summed E-state index contributed by atoms with van der Waals surface area (Å²) in [4.78, 5) is 13.9. The van der Waals surface area contributed by atoms with Crippen LogP contribution < -0.4 is 4.74 Å². The molecule has 1 aliphatic rings. The van der Waals surface area contributed by atoms with E-state index in [9.17, 15) is 0 Å². The molecule has 0 aliphatic heterocycles. The molecule has 0 saturated heterocycles. The second-order valence-electron chi connectivity index (χ2n) is 7.27. The summed E-state index contributed by atoms with van der Waals surface area (Å²) in [7, 11) is 1.69. The highest BCUT2D eigenvalue weighted by molar-refractivity contribution is 6.33. The van der Waals surface area contributed by atoms with Crippen LogP contribution in [0.1, 0.15) is 55.8 Å². The number of aryl methyl sites for hydroxylation is 2. The Hall–Kier alpha value is -2.14. The first-order valence-electron chi connectivity index (χ1n) is 9.76. The van der Waals surface area contributed by atoms with Crippen molar-refractivity contribution in [2.45, 2.75) is 57.4 Å². The van der Waals surface area contributed by atoms with Gasteiger partial charge in [-0.1, -0.05) is 49.4 Å². The third-order valence-electron chi connectivity index (χ3n) is 5.43. The molecule has 1 aliphatic carbocycles. The second-order valence-corrected chi connectivity index (χ2v) is 7.63. The Bertz CT molecular complexity index is 916. The van der Waals surface area contributed by atoms with Crippen LogP contribution in [0, 0.1) is 0 Å². The highest BCUT2D eigenvalue weighted by Crippen LogP contribution is 2.31. The van der Waals surface area contributed by atoms with Gasteiger partial charge in [-0.05, 0) is 37.0 Å². The summed E-state index contributed by atoms with van der Waals surface area (Å²) in [6.45, 7) is 0.793. The van der Waals surface area contributed by atoms with Crippen molar-refractivity contribution in [2.24, 2.45) is 0 Å². The molecule has 0 atom stereocenters. The lowest BCUT2D eigenvalue weighted by atomic mass is 9.99. The fraction of sp³-hybridized carbons (Fsp3) is 0.476. The van der Waals surface area contributed by atoms with Gasteiger partial charge < -0.3 is 9.30 Å². The summed E-state index contributed by atoms with van der Waals surface area (Å²) in [6.07, 6.45) is 10.1. The van der Waals surface area contributed by atoms with Crippen LogP contribution in [0.4, 0.5) is 0 Å². The third kappa shape index (κ3) is 4.08. The lowest BCUT2D eigenvalue weighted by Crippen LogP contribution is -2.07. The van der Waals surface area contributed by atoms with E-state index in [1.807, 2.05) is 18.5 Å². The summed E-state index contributed by atoms with van der Waals surface area (Å²) in [5.41, 5.74) is 2.76. The molecule has 0 bridgehead atoms. The molecule has 2 heterocycles. The van der Waals surface area contributed by atoms with Gasteiger partial charge in [0.05, 0.1) is 13.4 Å². The lowest BCUT2D eigenvalue weighted by Gasteiger charge is -2.13. The molecular weight excluding hydrogens is 360 g/mol. The van der Waals surface area contributed by atoms with Gasteiger partial charge in [0.2, 0.25) is 0 Å². The maximum absolute atomic E-state index is 6.45. The number of hydrogen-bond acceptors (Lipinski definition) is 4. The van der Waals surface area contributed by atoms with Gasteiger partial charge in [0.25, 0.3) is 0 Å². The SMILES string of the molecule is COc1cccc(CCn2cnc3c(Cl)nc(C4CCCCCC4)nc32)c1. The molecule has 0 radical (unpaired) electrons. The van der Waals surface area contributed by atoms with Crippen molar-refractivity contribution in [3.63, 3.8) is 0 Å². The molecule has 2 aromatic heterocycles. The average Bonchev–Trinajstić information content (AvgIpc) is 2.91. The van der Waals surface area contributed by atoms with E-state index < -0.39 is 0 Å². The Morgan fingerprint density at radius 2 is 1.96 bits per heavy atom. The Kier molecular flexibility index (Phi) is 5.58. The molecule has 3 aromatic rings. The van der Waals surface area contributed by atoms with Gasteiger partial charge in [-0.3, -0.25) is 0 Å². The molecule has 1 fully saturated rings. The van der Waals surface area contributed by atoms with Gasteiger partial charge in [0, 0.05) is 12.5 Å². The second kappa shape index (κ2) is 8.26. The van der Waals surface area contributed by atoms with Crippen molar-refractivity contribution >= 4 is 22.8 Å². The topological polar surface area (TPSA) is 52.8 Å². The predicted octanol–water partition coefficient (Wildman–Crippen LogP) is 5.17. The van der Waals surface area contributed by atoms with Crippen LogP contribution in [0.2, 0.25) is 5.15 Å². The smallest absolute Gasteiger partial charge is 0.165 e. The minimum Gasteiger partial charge on any atom is -0.497 e. The van der Waals surface area contributed by atoms with Gasteiger partial charge in [-0.25, -0.2) is 15.0 Å². The zero-order valence-corrected chi connectivity index (χ0v) is 16.5. The largest absolute Gasteiger partial charge is 0.497 e. The highest BCUT2D eigenvalue weighted by atomic mass is 35.5. The predicted molar refractivity (Wildman–Crippen MR) is 107 cm³/mol. The molecule has 27 heavy (non-hydrogen) atoms. The quantitative estimate of drug-likeness (QED) is 0.450. The Labute approximate surface area is 164 Å². The number of benzene rings is 1. The zero-order chi connectivity index (χ0) is 18.6. The Balaban J connectivity index is 1.59. The number of ether oxygens (including phenoxy) is 1. The molecular formula is C21H25ClN4O. The van der Waals surface area contributed by atoms with E-state index >= 15 is 0 Å².